The Kier molecular flexibility index (Phi) is 5.72. The van der Waals surface area contributed by atoms with E-state index >= 15 is 0 Å². The predicted octanol–water partition coefficient (Wildman–Crippen LogP) is -0.456. The van der Waals surface area contributed by atoms with E-state index in [2.05, 4.69) is 35.6 Å². The second kappa shape index (κ2) is 8.43. The maximum Gasteiger partial charge on any atom is 0.343 e. The number of aromatic nitrogens is 8. The minimum atomic E-state index is -1.18. The van der Waals surface area contributed by atoms with Gasteiger partial charge in [0.15, 0.2) is 17.3 Å². The summed E-state index contributed by atoms with van der Waals surface area (Å²) in [6.45, 7) is 1.71. The van der Waals surface area contributed by atoms with Crippen molar-refractivity contribution in [3.05, 3.63) is 17.4 Å². The number of carbonyl (C=O) groups is 1. The molecule has 1 fully saturated rings. The predicted molar refractivity (Wildman–Crippen MR) is 98.8 cm³/mol. The standard InChI is InChI=1S/C15H18ClN9O5/c1-2-28-14(27)10(12-21-23-24-22-12)29-4-7-6(26)3-8(30-7)25-5-18-9-11(17)19-15(16)20-13(9)25/h5-8,10,26H,2-4H2,1H3,(H2,17,19,20)(H,21,22,23,24)/t6-,7+,8+,10?/m0/s1. The number of imidazole rings is 1. The highest BCUT2D eigenvalue weighted by atomic mass is 35.5. The molecule has 0 bridgehead atoms. The normalized spacial score (nSPS) is 22.4. The number of fused-ring (bicyclic) bond motifs is 1. The van der Waals surface area contributed by atoms with Crippen LogP contribution in [-0.2, 0) is 19.0 Å². The Morgan fingerprint density at radius 1 is 1.53 bits per heavy atom. The first-order valence-corrected chi connectivity index (χ1v) is 9.36. The number of H-pyrrole nitrogens is 1. The summed E-state index contributed by atoms with van der Waals surface area (Å²) >= 11 is 5.89. The molecule has 3 aromatic rings. The second-order valence-electron chi connectivity index (χ2n) is 6.39. The van der Waals surface area contributed by atoms with E-state index < -0.39 is 30.5 Å². The average molecular weight is 440 g/mol. The fraction of sp³-hybridized carbons (Fsp3) is 0.533. The van der Waals surface area contributed by atoms with Crippen LogP contribution in [0.15, 0.2) is 6.33 Å². The fourth-order valence-electron chi connectivity index (χ4n) is 3.10. The minimum Gasteiger partial charge on any atom is -0.464 e. The topological polar surface area (TPSA) is 189 Å². The van der Waals surface area contributed by atoms with Gasteiger partial charge in [-0.25, -0.2) is 14.9 Å². The van der Waals surface area contributed by atoms with Crippen molar-refractivity contribution in [2.24, 2.45) is 0 Å². The highest BCUT2D eigenvalue weighted by Gasteiger charge is 2.38. The average Bonchev–Trinajstić information content (AvgIpc) is 3.43. The van der Waals surface area contributed by atoms with Crippen LogP contribution in [0.4, 0.5) is 5.82 Å². The van der Waals surface area contributed by atoms with Gasteiger partial charge in [-0.3, -0.25) is 4.57 Å². The number of aromatic amines is 1. The molecule has 4 atom stereocenters. The molecule has 0 aromatic carbocycles. The Hall–Kier alpha value is -2.94. The lowest BCUT2D eigenvalue weighted by Crippen LogP contribution is -2.30. The van der Waals surface area contributed by atoms with E-state index in [1.807, 2.05) is 0 Å². The molecule has 14 nitrogen and oxygen atoms in total. The van der Waals surface area contributed by atoms with Crippen LogP contribution in [0.25, 0.3) is 11.2 Å². The summed E-state index contributed by atoms with van der Waals surface area (Å²) in [5.74, 6) is -0.442. The van der Waals surface area contributed by atoms with Gasteiger partial charge in [0, 0.05) is 6.42 Å². The maximum atomic E-state index is 12.2. The van der Waals surface area contributed by atoms with Gasteiger partial charge in [-0.1, -0.05) is 0 Å². The molecule has 1 aliphatic heterocycles. The van der Waals surface area contributed by atoms with Crippen LogP contribution in [0.2, 0.25) is 5.28 Å². The summed E-state index contributed by atoms with van der Waals surface area (Å²) in [6.07, 6.45) is -1.69. The highest BCUT2D eigenvalue weighted by Crippen LogP contribution is 2.32. The largest absolute Gasteiger partial charge is 0.464 e. The van der Waals surface area contributed by atoms with E-state index in [1.165, 1.54) is 6.33 Å². The molecule has 15 heteroatoms. The zero-order chi connectivity index (χ0) is 21.3. The van der Waals surface area contributed by atoms with Crippen LogP contribution < -0.4 is 5.73 Å². The minimum absolute atomic E-state index is 0.0295. The van der Waals surface area contributed by atoms with Gasteiger partial charge in [-0.15, -0.1) is 5.10 Å². The molecule has 1 saturated heterocycles. The van der Waals surface area contributed by atoms with Gasteiger partial charge >= 0.3 is 5.97 Å². The first-order valence-electron chi connectivity index (χ1n) is 8.98. The molecule has 4 N–H and O–H groups in total. The molecule has 4 heterocycles. The zero-order valence-electron chi connectivity index (χ0n) is 15.7. The van der Waals surface area contributed by atoms with Crippen LogP contribution in [0.3, 0.4) is 0 Å². The Labute approximate surface area is 173 Å². The van der Waals surface area contributed by atoms with Crippen LogP contribution in [0, 0.1) is 0 Å². The molecule has 1 unspecified atom stereocenters. The molecular weight excluding hydrogens is 422 g/mol. The quantitative estimate of drug-likeness (QED) is 0.317. The summed E-state index contributed by atoms with van der Waals surface area (Å²) < 4.78 is 18.1. The molecule has 0 amide bonds. The van der Waals surface area contributed by atoms with Crippen molar-refractivity contribution in [3.8, 4) is 0 Å². The summed E-state index contributed by atoms with van der Waals surface area (Å²) in [6, 6.07) is 0. The van der Waals surface area contributed by atoms with E-state index in [1.54, 1.807) is 11.5 Å². The lowest BCUT2D eigenvalue weighted by molar-refractivity contribution is -0.162. The first-order chi connectivity index (χ1) is 14.5. The van der Waals surface area contributed by atoms with Gasteiger partial charge in [0.2, 0.25) is 11.4 Å². The number of tetrazole rings is 1. The van der Waals surface area contributed by atoms with Crippen LogP contribution in [-0.4, -0.2) is 76.6 Å². The Bertz CT molecular complexity index is 1030. The van der Waals surface area contributed by atoms with E-state index in [0.717, 1.165) is 0 Å². The van der Waals surface area contributed by atoms with Crippen LogP contribution in [0.5, 0.6) is 0 Å². The number of halogens is 1. The summed E-state index contributed by atoms with van der Waals surface area (Å²) in [5.41, 5.74) is 6.57. The Balaban J connectivity index is 1.47. The molecular formula is C15H18ClN9O5. The number of aliphatic hydroxyl groups is 1. The highest BCUT2D eigenvalue weighted by molar-refractivity contribution is 6.28. The number of ether oxygens (including phenoxy) is 3. The van der Waals surface area contributed by atoms with Crippen LogP contribution >= 0.6 is 11.6 Å². The molecule has 0 radical (unpaired) electrons. The third-order valence-corrected chi connectivity index (χ3v) is 4.64. The van der Waals surface area contributed by atoms with Crippen molar-refractivity contribution in [2.75, 3.05) is 18.9 Å². The monoisotopic (exact) mass is 439 g/mol. The summed E-state index contributed by atoms with van der Waals surface area (Å²) in [4.78, 5) is 24.3. The molecule has 3 aromatic heterocycles. The maximum absolute atomic E-state index is 12.2. The van der Waals surface area contributed by atoms with Gasteiger partial charge in [0.25, 0.3) is 0 Å². The molecule has 0 saturated carbocycles. The zero-order valence-corrected chi connectivity index (χ0v) is 16.4. The third-order valence-electron chi connectivity index (χ3n) is 4.47. The van der Waals surface area contributed by atoms with Gasteiger partial charge in [-0.2, -0.15) is 9.97 Å². The number of esters is 1. The molecule has 0 spiro atoms. The lowest BCUT2D eigenvalue weighted by atomic mass is 10.2. The smallest absolute Gasteiger partial charge is 0.343 e. The summed E-state index contributed by atoms with van der Waals surface area (Å²) in [7, 11) is 0. The Morgan fingerprint density at radius 2 is 2.37 bits per heavy atom. The lowest BCUT2D eigenvalue weighted by Gasteiger charge is -2.19. The van der Waals surface area contributed by atoms with Crippen molar-refractivity contribution in [1.29, 1.82) is 0 Å². The van der Waals surface area contributed by atoms with Crippen molar-refractivity contribution in [3.63, 3.8) is 0 Å². The van der Waals surface area contributed by atoms with Crippen molar-refractivity contribution >= 4 is 34.6 Å². The molecule has 1 aliphatic rings. The van der Waals surface area contributed by atoms with Gasteiger partial charge in [0.05, 0.1) is 25.6 Å². The van der Waals surface area contributed by atoms with Gasteiger partial charge < -0.3 is 25.1 Å². The molecule has 30 heavy (non-hydrogen) atoms. The van der Waals surface area contributed by atoms with E-state index in [9.17, 15) is 9.90 Å². The number of anilines is 1. The fourth-order valence-corrected chi connectivity index (χ4v) is 3.27. The molecule has 0 aliphatic carbocycles. The van der Waals surface area contributed by atoms with E-state index in [4.69, 9.17) is 31.5 Å². The van der Waals surface area contributed by atoms with E-state index in [0.29, 0.717) is 11.2 Å². The molecule has 4 rings (SSSR count). The Morgan fingerprint density at radius 3 is 3.10 bits per heavy atom. The number of hydrogen-bond donors (Lipinski definition) is 3. The number of nitrogen functional groups attached to an aromatic ring is 1. The number of carbonyl (C=O) groups excluding carboxylic acids is 1. The van der Waals surface area contributed by atoms with Crippen LogP contribution in [0.1, 0.15) is 31.5 Å². The first kappa shape index (κ1) is 20.3. The molecule has 160 valence electrons. The second-order valence-corrected chi connectivity index (χ2v) is 6.72. The van der Waals surface area contributed by atoms with Crippen molar-refractivity contribution < 1.29 is 24.1 Å². The SMILES string of the molecule is CCOC(=O)C(OC[C@H]1O[C@@H](n2cnc3c(N)nc(Cl)nc32)C[C@@H]1O)c1nnn[nH]1. The van der Waals surface area contributed by atoms with Crippen molar-refractivity contribution in [2.45, 2.75) is 37.9 Å². The number of nitrogens with zero attached hydrogens (tertiary/aromatic N) is 7. The number of hydrogen-bond acceptors (Lipinski definition) is 12. The summed E-state index contributed by atoms with van der Waals surface area (Å²) in [5, 5.41) is 23.4. The number of aliphatic hydroxyl groups excluding tert-OH is 1. The van der Waals surface area contributed by atoms with Gasteiger partial charge in [-0.05, 0) is 29.0 Å². The number of rotatable bonds is 7. The third kappa shape index (κ3) is 3.89. The van der Waals surface area contributed by atoms with Crippen molar-refractivity contribution in [1.82, 2.24) is 40.1 Å². The van der Waals surface area contributed by atoms with Gasteiger partial charge in [0.1, 0.15) is 17.8 Å². The van der Waals surface area contributed by atoms with E-state index in [-0.39, 0.29) is 36.6 Å². The number of nitrogens with two attached hydrogens (primary N) is 1. The number of nitrogens with one attached hydrogen (secondary N) is 1.